The van der Waals surface area contributed by atoms with Crippen LogP contribution < -0.4 is 0 Å². The van der Waals surface area contributed by atoms with Crippen molar-refractivity contribution in [1.29, 1.82) is 0 Å². The maximum absolute atomic E-state index is 14.5. The normalized spacial score (nSPS) is 20.3. The van der Waals surface area contributed by atoms with Crippen LogP contribution in [0.15, 0.2) is 90.5 Å². The molecule has 4 rings (SSSR count). The fraction of sp³-hybridized carbons (Fsp3) is 0.241. The van der Waals surface area contributed by atoms with E-state index in [1.807, 2.05) is 60.7 Å². The molecule has 0 spiro atoms. The lowest BCUT2D eigenvalue weighted by molar-refractivity contribution is -0.174. The molecule has 3 aromatic carbocycles. The Hall–Kier alpha value is -3.72. The Kier molecular flexibility index (Phi) is 8.55. The molecule has 0 saturated carbocycles. The van der Waals surface area contributed by atoms with Crippen LogP contribution in [0.25, 0.3) is 0 Å². The number of benzene rings is 3. The number of ether oxygens (including phenoxy) is 3. The zero-order chi connectivity index (χ0) is 26.4. The largest absolute Gasteiger partial charge is 0.451 e. The number of hydrogen-bond donors (Lipinski definition) is 1. The number of carbonyl (C=O) groups is 2. The highest BCUT2D eigenvalue weighted by Crippen LogP contribution is 2.33. The Morgan fingerprint density at radius 2 is 1.51 bits per heavy atom. The molecule has 37 heavy (non-hydrogen) atoms. The molecule has 4 atom stereocenters. The molecule has 0 fully saturated rings. The summed E-state index contributed by atoms with van der Waals surface area (Å²) in [4.78, 5) is 25.4. The molecule has 1 aliphatic carbocycles. The van der Waals surface area contributed by atoms with Gasteiger partial charge in [-0.25, -0.2) is 8.78 Å². The Bertz CT molecular complexity index is 1260. The van der Waals surface area contributed by atoms with Gasteiger partial charge in [0.05, 0.1) is 13.2 Å². The Balaban J connectivity index is 1.70. The zero-order valence-corrected chi connectivity index (χ0v) is 20.1. The number of aliphatic hydroxyl groups excluding tert-OH is 1. The molecule has 3 aromatic rings. The second-order valence-electron chi connectivity index (χ2n) is 8.61. The van der Waals surface area contributed by atoms with Crippen molar-refractivity contribution < 1.29 is 37.7 Å². The topological polar surface area (TPSA) is 82.1 Å². The van der Waals surface area contributed by atoms with E-state index in [-0.39, 0.29) is 24.4 Å². The molecule has 6 nitrogen and oxygen atoms in total. The second-order valence-corrected chi connectivity index (χ2v) is 8.61. The summed E-state index contributed by atoms with van der Waals surface area (Å²) >= 11 is 0. The average molecular weight is 509 g/mol. The van der Waals surface area contributed by atoms with Gasteiger partial charge in [0, 0.05) is 24.1 Å². The first-order valence-corrected chi connectivity index (χ1v) is 11.7. The molecule has 0 radical (unpaired) electrons. The van der Waals surface area contributed by atoms with E-state index in [1.54, 1.807) is 0 Å². The first-order chi connectivity index (χ1) is 17.8. The van der Waals surface area contributed by atoms with Crippen molar-refractivity contribution in [3.63, 3.8) is 0 Å². The van der Waals surface area contributed by atoms with Crippen molar-refractivity contribution in [2.75, 3.05) is 0 Å². The van der Waals surface area contributed by atoms with Crippen LogP contribution in [0.1, 0.15) is 29.7 Å². The number of ketones is 1. The molecular weight excluding hydrogens is 482 g/mol. The van der Waals surface area contributed by atoms with Crippen molar-refractivity contribution >= 4 is 11.8 Å². The summed E-state index contributed by atoms with van der Waals surface area (Å²) in [5, 5.41) is 10.9. The van der Waals surface area contributed by atoms with Crippen LogP contribution in [-0.2, 0) is 37.0 Å². The first-order valence-electron chi connectivity index (χ1n) is 11.7. The maximum atomic E-state index is 14.5. The molecule has 0 unspecified atom stereocenters. The minimum Gasteiger partial charge on any atom is -0.451 e. The van der Waals surface area contributed by atoms with Crippen LogP contribution in [-0.4, -0.2) is 35.2 Å². The van der Waals surface area contributed by atoms with E-state index in [0.717, 1.165) is 30.2 Å². The van der Waals surface area contributed by atoms with Crippen molar-refractivity contribution in [2.24, 2.45) is 0 Å². The summed E-state index contributed by atoms with van der Waals surface area (Å²) in [6.07, 6.45) is -3.84. The standard InChI is InChI=1S/C29H26F2O6/c1-18(32)37-29-27(34)23(26(33)22-13-12-21(30)14-24(22)31)15-25(35-16-19-8-4-2-5-9-19)28(29)36-17-20-10-6-3-7-11-20/h2-15,25-26,28-29,33H,16-17H2,1H3/t25-,26+,28+,29+/m0/s1. The zero-order valence-electron chi connectivity index (χ0n) is 20.1. The molecule has 8 heteroatoms. The highest BCUT2D eigenvalue weighted by Gasteiger charge is 2.45. The van der Waals surface area contributed by atoms with Gasteiger partial charge in [-0.1, -0.05) is 66.7 Å². The lowest BCUT2D eigenvalue weighted by atomic mass is 9.85. The number of hydrogen-bond acceptors (Lipinski definition) is 6. The van der Waals surface area contributed by atoms with Gasteiger partial charge < -0.3 is 19.3 Å². The number of rotatable bonds is 9. The van der Waals surface area contributed by atoms with E-state index in [2.05, 4.69) is 0 Å². The molecule has 0 aromatic heterocycles. The maximum Gasteiger partial charge on any atom is 0.303 e. The van der Waals surface area contributed by atoms with Crippen LogP contribution in [0.5, 0.6) is 0 Å². The van der Waals surface area contributed by atoms with Gasteiger partial charge in [0.15, 0.2) is 6.10 Å². The minimum absolute atomic E-state index is 0.0973. The Morgan fingerprint density at radius 1 is 0.919 bits per heavy atom. The summed E-state index contributed by atoms with van der Waals surface area (Å²) in [5.74, 6) is -3.34. The summed E-state index contributed by atoms with van der Waals surface area (Å²) < 4.78 is 45.4. The third kappa shape index (κ3) is 6.54. The summed E-state index contributed by atoms with van der Waals surface area (Å²) in [5.41, 5.74) is 1.12. The summed E-state index contributed by atoms with van der Waals surface area (Å²) in [7, 11) is 0. The molecular formula is C29H26F2O6. The number of aliphatic hydroxyl groups is 1. The van der Waals surface area contributed by atoms with E-state index >= 15 is 0 Å². The van der Waals surface area contributed by atoms with Gasteiger partial charge in [-0.2, -0.15) is 0 Å². The molecule has 192 valence electrons. The Morgan fingerprint density at radius 3 is 2.08 bits per heavy atom. The SMILES string of the molecule is CC(=O)O[C@@H]1C(=O)C([C@H](O)c2ccc(F)cc2F)=C[C@H](OCc2ccccc2)[C@H]1OCc1ccccc1. The number of halogens is 2. The van der Waals surface area contributed by atoms with Crippen LogP contribution in [0, 0.1) is 11.6 Å². The lowest BCUT2D eigenvalue weighted by Gasteiger charge is -2.36. The van der Waals surface area contributed by atoms with Gasteiger partial charge in [0.25, 0.3) is 0 Å². The number of carbonyl (C=O) groups excluding carboxylic acids is 2. The highest BCUT2D eigenvalue weighted by molar-refractivity contribution is 6.02. The van der Waals surface area contributed by atoms with Crippen LogP contribution >= 0.6 is 0 Å². The summed E-state index contributed by atoms with van der Waals surface area (Å²) in [6.45, 7) is 1.37. The highest BCUT2D eigenvalue weighted by atomic mass is 19.1. The number of esters is 1. The average Bonchev–Trinajstić information content (AvgIpc) is 2.89. The van der Waals surface area contributed by atoms with Crippen molar-refractivity contribution in [2.45, 2.75) is 44.6 Å². The van der Waals surface area contributed by atoms with Crippen molar-refractivity contribution in [3.05, 3.63) is 119 Å². The predicted molar refractivity (Wildman–Crippen MR) is 130 cm³/mol. The monoisotopic (exact) mass is 508 g/mol. The molecule has 0 amide bonds. The molecule has 0 aliphatic heterocycles. The van der Waals surface area contributed by atoms with Gasteiger partial charge in [0.1, 0.15) is 29.9 Å². The fourth-order valence-electron chi connectivity index (χ4n) is 4.11. The van der Waals surface area contributed by atoms with E-state index in [4.69, 9.17) is 14.2 Å². The minimum atomic E-state index is -1.75. The van der Waals surface area contributed by atoms with Gasteiger partial charge in [-0.05, 0) is 23.3 Å². The third-order valence-electron chi connectivity index (χ3n) is 5.92. The second kappa shape index (κ2) is 12.0. The van der Waals surface area contributed by atoms with Crippen LogP contribution in [0.3, 0.4) is 0 Å². The van der Waals surface area contributed by atoms with Crippen molar-refractivity contribution in [1.82, 2.24) is 0 Å². The Labute approximate surface area is 213 Å². The van der Waals surface area contributed by atoms with Gasteiger partial charge in [0.2, 0.25) is 5.78 Å². The van der Waals surface area contributed by atoms with E-state index in [1.165, 1.54) is 6.08 Å². The fourth-order valence-corrected chi connectivity index (χ4v) is 4.11. The van der Waals surface area contributed by atoms with E-state index < -0.39 is 47.8 Å². The van der Waals surface area contributed by atoms with Gasteiger partial charge >= 0.3 is 5.97 Å². The molecule has 1 N–H and O–H groups in total. The number of Topliss-reactive ketones (excluding diaryl/α,β-unsaturated/α-hetero) is 1. The lowest BCUT2D eigenvalue weighted by Crippen LogP contribution is -2.51. The van der Waals surface area contributed by atoms with Crippen LogP contribution in [0.2, 0.25) is 0 Å². The first kappa shape index (κ1) is 26.3. The molecule has 0 heterocycles. The van der Waals surface area contributed by atoms with E-state index in [0.29, 0.717) is 6.07 Å². The van der Waals surface area contributed by atoms with Crippen LogP contribution in [0.4, 0.5) is 8.78 Å². The molecule has 0 saturated heterocycles. The predicted octanol–water partition coefficient (Wildman–Crippen LogP) is 4.61. The molecule has 1 aliphatic rings. The quantitative estimate of drug-likeness (QED) is 0.425. The van der Waals surface area contributed by atoms with Crippen molar-refractivity contribution in [3.8, 4) is 0 Å². The third-order valence-corrected chi connectivity index (χ3v) is 5.92. The van der Waals surface area contributed by atoms with Gasteiger partial charge in [-0.3, -0.25) is 9.59 Å². The van der Waals surface area contributed by atoms with E-state index in [9.17, 15) is 23.5 Å². The van der Waals surface area contributed by atoms with Gasteiger partial charge in [-0.15, -0.1) is 0 Å². The summed E-state index contributed by atoms with van der Waals surface area (Å²) in [6, 6.07) is 21.1. The smallest absolute Gasteiger partial charge is 0.303 e. The molecule has 0 bridgehead atoms.